The maximum absolute atomic E-state index is 13.2. The topological polar surface area (TPSA) is 118 Å². The number of hydrogen-bond donors (Lipinski definition) is 3. The molecule has 0 aromatic heterocycles. The van der Waals surface area contributed by atoms with Gasteiger partial charge < -0.3 is 10.6 Å². The van der Waals surface area contributed by atoms with Gasteiger partial charge in [0, 0.05) is 29.8 Å². The number of nitrogens with one attached hydrogen (secondary N) is 2. The van der Waals surface area contributed by atoms with Gasteiger partial charge in [0.1, 0.15) is 5.82 Å². The third-order valence-corrected chi connectivity index (χ3v) is 5.38. The molecule has 28 heavy (non-hydrogen) atoms. The zero-order chi connectivity index (χ0) is 20.5. The van der Waals surface area contributed by atoms with Crippen molar-refractivity contribution in [3.05, 3.63) is 71.2 Å². The van der Waals surface area contributed by atoms with Crippen molar-refractivity contribution < 1.29 is 22.4 Å². The standard InChI is InChI=1S/C19H18FN3O4S/c1-11-2-7-14(28(21,26)27)8-17(11)23-19(25)16-10-22-18(24)9-15(16)12-3-5-13(20)6-4-12/h2-8,10,15H,9H2,1H3,(H,22,24)(H,23,25)(H2,21,26,27). The monoisotopic (exact) mass is 403 g/mol. The van der Waals surface area contributed by atoms with E-state index in [2.05, 4.69) is 10.6 Å². The zero-order valence-electron chi connectivity index (χ0n) is 14.9. The molecule has 0 aliphatic carbocycles. The molecular formula is C19H18FN3O4S. The fourth-order valence-electron chi connectivity index (χ4n) is 2.94. The third-order valence-electron chi connectivity index (χ3n) is 4.47. The van der Waals surface area contributed by atoms with Crippen molar-refractivity contribution >= 4 is 27.5 Å². The van der Waals surface area contributed by atoms with Crippen LogP contribution in [0.15, 0.2) is 59.1 Å². The van der Waals surface area contributed by atoms with E-state index in [1.54, 1.807) is 6.92 Å². The van der Waals surface area contributed by atoms with Crippen LogP contribution in [0, 0.1) is 12.7 Å². The number of halogens is 1. The molecule has 2 aromatic rings. The van der Waals surface area contributed by atoms with Gasteiger partial charge in [-0.15, -0.1) is 0 Å². The molecule has 7 nitrogen and oxygen atoms in total. The lowest BCUT2D eigenvalue weighted by molar-refractivity contribution is -0.121. The van der Waals surface area contributed by atoms with Crippen LogP contribution in [-0.2, 0) is 19.6 Å². The summed E-state index contributed by atoms with van der Waals surface area (Å²) < 4.78 is 36.3. The van der Waals surface area contributed by atoms with Gasteiger partial charge in [-0.3, -0.25) is 9.59 Å². The van der Waals surface area contributed by atoms with Crippen LogP contribution in [-0.4, -0.2) is 20.2 Å². The highest BCUT2D eigenvalue weighted by Gasteiger charge is 2.29. The molecule has 9 heteroatoms. The van der Waals surface area contributed by atoms with Crippen LogP contribution in [0.25, 0.3) is 0 Å². The quantitative estimate of drug-likeness (QED) is 0.722. The number of carbonyl (C=O) groups is 2. The Hall–Kier alpha value is -3.04. The van der Waals surface area contributed by atoms with E-state index in [-0.39, 0.29) is 28.5 Å². The van der Waals surface area contributed by atoms with Crippen LogP contribution >= 0.6 is 0 Å². The first-order chi connectivity index (χ1) is 13.1. The molecule has 4 N–H and O–H groups in total. The fraction of sp³-hybridized carbons (Fsp3) is 0.158. The van der Waals surface area contributed by atoms with E-state index >= 15 is 0 Å². The van der Waals surface area contributed by atoms with Crippen LogP contribution in [0.3, 0.4) is 0 Å². The molecule has 146 valence electrons. The average molecular weight is 403 g/mol. The Morgan fingerprint density at radius 2 is 1.89 bits per heavy atom. The maximum Gasteiger partial charge on any atom is 0.253 e. The number of rotatable bonds is 4. The Kier molecular flexibility index (Phi) is 5.30. The molecule has 1 aliphatic rings. The van der Waals surface area contributed by atoms with Gasteiger partial charge in [0.2, 0.25) is 15.9 Å². The smallest absolute Gasteiger partial charge is 0.253 e. The number of nitrogens with two attached hydrogens (primary N) is 1. The number of anilines is 1. The van der Waals surface area contributed by atoms with Gasteiger partial charge in [0.15, 0.2) is 0 Å². The molecule has 0 radical (unpaired) electrons. The van der Waals surface area contributed by atoms with Gasteiger partial charge in [-0.2, -0.15) is 0 Å². The Morgan fingerprint density at radius 3 is 2.54 bits per heavy atom. The molecule has 1 unspecified atom stereocenters. The summed E-state index contributed by atoms with van der Waals surface area (Å²) in [6.45, 7) is 1.71. The van der Waals surface area contributed by atoms with E-state index in [9.17, 15) is 22.4 Å². The first-order valence-electron chi connectivity index (χ1n) is 8.35. The van der Waals surface area contributed by atoms with Crippen molar-refractivity contribution in [3.8, 4) is 0 Å². The van der Waals surface area contributed by atoms with E-state index in [0.29, 0.717) is 11.1 Å². The second-order valence-corrected chi connectivity index (χ2v) is 8.01. The Balaban J connectivity index is 1.92. The summed E-state index contributed by atoms with van der Waals surface area (Å²) in [5.41, 5.74) is 1.81. The van der Waals surface area contributed by atoms with Crippen molar-refractivity contribution in [1.82, 2.24) is 5.32 Å². The van der Waals surface area contributed by atoms with Gasteiger partial charge in [0.25, 0.3) is 5.91 Å². The predicted octanol–water partition coefficient (Wildman–Crippen LogP) is 1.91. The summed E-state index contributed by atoms with van der Waals surface area (Å²) in [6, 6.07) is 9.72. The lowest BCUT2D eigenvalue weighted by Gasteiger charge is -2.24. The first-order valence-corrected chi connectivity index (χ1v) is 9.89. The van der Waals surface area contributed by atoms with Crippen LogP contribution in [0.2, 0.25) is 0 Å². The molecular weight excluding hydrogens is 385 g/mol. The predicted molar refractivity (Wildman–Crippen MR) is 101 cm³/mol. The molecule has 3 rings (SSSR count). The van der Waals surface area contributed by atoms with E-state index in [0.717, 1.165) is 0 Å². The minimum Gasteiger partial charge on any atom is -0.332 e. The van der Waals surface area contributed by atoms with E-state index in [4.69, 9.17) is 5.14 Å². The fourth-order valence-corrected chi connectivity index (χ4v) is 3.48. The molecule has 0 fully saturated rings. The summed E-state index contributed by atoms with van der Waals surface area (Å²) >= 11 is 0. The molecule has 0 bridgehead atoms. The molecule has 0 saturated heterocycles. The molecule has 2 amide bonds. The van der Waals surface area contributed by atoms with Crippen molar-refractivity contribution in [2.75, 3.05) is 5.32 Å². The summed E-state index contributed by atoms with van der Waals surface area (Å²) in [4.78, 5) is 24.5. The number of primary sulfonamides is 1. The van der Waals surface area contributed by atoms with Crippen molar-refractivity contribution in [1.29, 1.82) is 0 Å². The van der Waals surface area contributed by atoms with Gasteiger partial charge in [-0.25, -0.2) is 17.9 Å². The van der Waals surface area contributed by atoms with Gasteiger partial charge >= 0.3 is 0 Å². The van der Waals surface area contributed by atoms with Crippen LogP contribution in [0.4, 0.5) is 10.1 Å². The van der Waals surface area contributed by atoms with Crippen LogP contribution in [0.1, 0.15) is 23.5 Å². The van der Waals surface area contributed by atoms with Crippen molar-refractivity contribution in [2.24, 2.45) is 5.14 Å². The molecule has 1 aliphatic heterocycles. The minimum atomic E-state index is -3.93. The second kappa shape index (κ2) is 7.53. The highest BCUT2D eigenvalue weighted by molar-refractivity contribution is 7.89. The molecule has 0 saturated carbocycles. The van der Waals surface area contributed by atoms with Gasteiger partial charge in [-0.05, 0) is 42.3 Å². The number of aryl methyl sites for hydroxylation is 1. The SMILES string of the molecule is Cc1ccc(S(N)(=O)=O)cc1NC(=O)C1=CNC(=O)CC1c1ccc(F)cc1. The third kappa shape index (κ3) is 4.26. The van der Waals surface area contributed by atoms with Crippen molar-refractivity contribution in [3.63, 3.8) is 0 Å². The summed E-state index contributed by atoms with van der Waals surface area (Å²) in [5.74, 6) is -1.76. The first kappa shape index (κ1) is 19.7. The number of carbonyl (C=O) groups excluding carboxylic acids is 2. The molecule has 0 spiro atoms. The largest absolute Gasteiger partial charge is 0.332 e. The lowest BCUT2D eigenvalue weighted by atomic mass is 9.86. The number of sulfonamides is 1. The van der Waals surface area contributed by atoms with E-state index < -0.39 is 27.7 Å². The summed E-state index contributed by atoms with van der Waals surface area (Å²) in [7, 11) is -3.93. The lowest BCUT2D eigenvalue weighted by Crippen LogP contribution is -2.32. The molecule has 2 aromatic carbocycles. The maximum atomic E-state index is 13.2. The highest BCUT2D eigenvalue weighted by Crippen LogP contribution is 2.31. The van der Waals surface area contributed by atoms with E-state index in [1.807, 2.05) is 0 Å². The number of benzene rings is 2. The normalized spacial score (nSPS) is 16.9. The Bertz CT molecular complexity index is 1080. The van der Waals surface area contributed by atoms with Gasteiger partial charge in [-0.1, -0.05) is 18.2 Å². The van der Waals surface area contributed by atoms with Gasteiger partial charge in [0.05, 0.1) is 4.90 Å². The highest BCUT2D eigenvalue weighted by atomic mass is 32.2. The zero-order valence-corrected chi connectivity index (χ0v) is 15.7. The summed E-state index contributed by atoms with van der Waals surface area (Å²) in [6.07, 6.45) is 1.34. The Morgan fingerprint density at radius 1 is 1.21 bits per heavy atom. The molecule has 1 atom stereocenters. The van der Waals surface area contributed by atoms with Crippen molar-refractivity contribution in [2.45, 2.75) is 24.2 Å². The minimum absolute atomic E-state index is 0.0289. The molecule has 1 heterocycles. The van der Waals surface area contributed by atoms with Crippen LogP contribution < -0.4 is 15.8 Å². The average Bonchev–Trinajstić information content (AvgIpc) is 2.63. The Labute approximate surface area is 161 Å². The number of amides is 2. The second-order valence-electron chi connectivity index (χ2n) is 6.45. The van der Waals surface area contributed by atoms with E-state index in [1.165, 1.54) is 48.7 Å². The van der Waals surface area contributed by atoms with Crippen LogP contribution in [0.5, 0.6) is 0 Å². The number of hydrogen-bond acceptors (Lipinski definition) is 4. The summed E-state index contributed by atoms with van der Waals surface area (Å²) in [5, 5.41) is 10.3.